The molecule has 3 aliphatic heterocycles. The first kappa shape index (κ1) is 40.7. The van der Waals surface area contributed by atoms with E-state index in [0.29, 0.717) is 43.2 Å². The van der Waals surface area contributed by atoms with Gasteiger partial charge in [0.05, 0.1) is 28.7 Å². The van der Waals surface area contributed by atoms with Crippen LogP contribution < -0.4 is 24.4 Å². The van der Waals surface area contributed by atoms with Gasteiger partial charge in [-0.3, -0.25) is 19.8 Å². The number of fused-ring (bicyclic) bond motifs is 1. The number of hydrogen-bond donors (Lipinski definition) is 3. The topological polar surface area (TPSA) is 181 Å². The number of rotatable bonds is 13. The lowest BCUT2D eigenvalue weighted by Crippen LogP contribution is -2.54. The molecule has 2 aromatic heterocycles. The van der Waals surface area contributed by atoms with E-state index in [1.807, 2.05) is 18.2 Å². The average Bonchev–Trinajstić information content (AvgIpc) is 3.95. The van der Waals surface area contributed by atoms with Crippen molar-refractivity contribution in [2.45, 2.75) is 68.3 Å². The second kappa shape index (κ2) is 17.0. The van der Waals surface area contributed by atoms with Crippen LogP contribution in [0.2, 0.25) is 0 Å². The minimum absolute atomic E-state index is 0.0173. The molecule has 9 rings (SSSR count). The number of nitro groups is 1. The minimum Gasteiger partial charge on any atom is -0.496 e. The van der Waals surface area contributed by atoms with E-state index < -0.39 is 31.4 Å². The average molecular weight is 850 g/mol. The van der Waals surface area contributed by atoms with Gasteiger partial charge in [-0.05, 0) is 112 Å². The molecular formula is C45H51N7O8S. The molecule has 15 nitrogen and oxygen atoms in total. The summed E-state index contributed by atoms with van der Waals surface area (Å²) in [5.74, 6) is 0.823. The van der Waals surface area contributed by atoms with Crippen molar-refractivity contribution in [2.75, 3.05) is 56.7 Å². The third-order valence-corrected chi connectivity index (χ3v) is 14.6. The highest BCUT2D eigenvalue weighted by Gasteiger charge is 2.50. The van der Waals surface area contributed by atoms with Crippen molar-refractivity contribution in [3.05, 3.63) is 106 Å². The van der Waals surface area contributed by atoms with Crippen molar-refractivity contribution in [3.8, 4) is 17.2 Å². The van der Waals surface area contributed by atoms with Gasteiger partial charge in [-0.15, -0.1) is 0 Å². The van der Waals surface area contributed by atoms with E-state index in [4.69, 9.17) is 14.2 Å². The molecule has 4 fully saturated rings. The van der Waals surface area contributed by atoms with Gasteiger partial charge in [0, 0.05) is 79.9 Å². The largest absolute Gasteiger partial charge is 0.496 e. The first-order valence-electron chi connectivity index (χ1n) is 21.1. The lowest BCUT2D eigenvalue weighted by molar-refractivity contribution is -0.384. The Bertz CT molecular complexity index is 2530. The number of aromatic nitrogens is 2. The fraction of sp³-hybridized carbons (Fsp3) is 0.422. The molecule has 5 heterocycles. The van der Waals surface area contributed by atoms with Crippen LogP contribution in [-0.4, -0.2) is 86.7 Å². The van der Waals surface area contributed by atoms with Crippen LogP contribution in [0.3, 0.4) is 0 Å². The molecule has 5 aromatic rings. The summed E-state index contributed by atoms with van der Waals surface area (Å²) in [7, 11) is -2.79. The summed E-state index contributed by atoms with van der Waals surface area (Å²) in [6, 6.07) is 21.7. The minimum atomic E-state index is -4.54. The molecule has 0 radical (unpaired) electrons. The quantitative estimate of drug-likeness (QED) is 0.0774. The molecule has 3 aromatic carbocycles. The fourth-order valence-electron chi connectivity index (χ4n) is 9.83. The number of para-hydroxylation sites is 1. The zero-order chi connectivity index (χ0) is 42.1. The van der Waals surface area contributed by atoms with Gasteiger partial charge in [0.1, 0.15) is 28.6 Å². The second-order valence-corrected chi connectivity index (χ2v) is 18.5. The molecule has 3 saturated heterocycles. The third kappa shape index (κ3) is 8.48. The summed E-state index contributed by atoms with van der Waals surface area (Å²) >= 11 is 0. The number of benzene rings is 3. The molecule has 1 saturated carbocycles. The molecule has 0 unspecified atom stereocenters. The maximum atomic E-state index is 13.9. The number of anilines is 2. The van der Waals surface area contributed by atoms with Crippen LogP contribution in [0.4, 0.5) is 17.1 Å². The number of hydrogen-bond acceptors (Lipinski definition) is 12. The summed E-state index contributed by atoms with van der Waals surface area (Å²) in [5.41, 5.74) is 2.87. The van der Waals surface area contributed by atoms with Crippen molar-refractivity contribution >= 4 is 44.0 Å². The number of nitrogens with zero attached hydrogens (tertiary/aromatic N) is 4. The van der Waals surface area contributed by atoms with Crippen molar-refractivity contribution in [1.29, 1.82) is 0 Å². The van der Waals surface area contributed by atoms with Crippen molar-refractivity contribution < 1.29 is 32.3 Å². The lowest BCUT2D eigenvalue weighted by atomic mass is 9.60. The maximum absolute atomic E-state index is 13.9. The van der Waals surface area contributed by atoms with E-state index in [0.717, 1.165) is 74.6 Å². The van der Waals surface area contributed by atoms with Gasteiger partial charge in [0.2, 0.25) is 0 Å². The summed E-state index contributed by atoms with van der Waals surface area (Å²) in [6.07, 6.45) is 11.7. The molecule has 61 heavy (non-hydrogen) atoms. The molecule has 1 amide bonds. The van der Waals surface area contributed by atoms with Crippen LogP contribution in [0.25, 0.3) is 11.0 Å². The van der Waals surface area contributed by atoms with Crippen molar-refractivity contribution in [3.63, 3.8) is 0 Å². The molecule has 320 valence electrons. The van der Waals surface area contributed by atoms with Gasteiger partial charge in [-0.1, -0.05) is 18.2 Å². The Kier molecular flexibility index (Phi) is 11.3. The Hall–Kier alpha value is -5.71. The number of ether oxygens (including phenoxy) is 3. The maximum Gasteiger partial charge on any atom is 0.293 e. The predicted octanol–water partition coefficient (Wildman–Crippen LogP) is 7.82. The molecular weight excluding hydrogens is 799 g/mol. The SMILES string of the molecule is COc1ccccc1[C@@H]1CCCN1C1CC2(CCN(c3ccc(C(=O)NS(=O)(=O)c4ccc(NCC5CCOCC5)c([N+](=O)[O-])c4)c(Oc4cnc5[nH]ccc5c4)c3)CC2)C1. The second-order valence-electron chi connectivity index (χ2n) is 16.9. The third-order valence-electron chi connectivity index (χ3n) is 13.2. The van der Waals surface area contributed by atoms with Gasteiger partial charge in [-0.25, -0.2) is 18.1 Å². The standard InChI is InChI=1S/C45H51N7O8S/c1-58-41-7-3-2-5-36(41)39-6-4-18-51(39)33-26-45(27-33)15-19-50(20-16-45)32-8-10-37(42(24-32)60-34-23-31-12-17-46-43(31)48-29-34)44(53)49-61(56,57)35-9-11-38(40(25-35)52(54)55)47-28-30-13-21-59-22-14-30/h2-3,5,7-12,17,23-25,29-30,33,39,47H,4,6,13-16,18-22,26-28H2,1H3,(H,46,48)(H,49,53)/t39-/m0/s1. The summed E-state index contributed by atoms with van der Waals surface area (Å²) in [5, 5.41) is 16.0. The Morgan fingerprint density at radius 3 is 2.59 bits per heavy atom. The monoisotopic (exact) mass is 849 g/mol. The number of pyridine rings is 1. The van der Waals surface area contributed by atoms with Crippen LogP contribution in [0.5, 0.6) is 17.2 Å². The van der Waals surface area contributed by atoms with E-state index in [-0.39, 0.29) is 28.3 Å². The van der Waals surface area contributed by atoms with Gasteiger partial charge in [0.15, 0.2) is 0 Å². The van der Waals surface area contributed by atoms with Gasteiger partial charge in [0.25, 0.3) is 21.6 Å². The van der Waals surface area contributed by atoms with Gasteiger partial charge >= 0.3 is 0 Å². The van der Waals surface area contributed by atoms with Crippen LogP contribution in [-0.2, 0) is 14.8 Å². The van der Waals surface area contributed by atoms with E-state index in [2.05, 4.69) is 48.0 Å². The molecule has 3 N–H and O–H groups in total. The molecule has 16 heteroatoms. The number of carbonyl (C=O) groups is 1. The zero-order valence-corrected chi connectivity index (χ0v) is 35.0. The zero-order valence-electron chi connectivity index (χ0n) is 34.2. The highest BCUT2D eigenvalue weighted by Crippen LogP contribution is 2.54. The number of H-pyrrole nitrogens is 1. The number of carbonyl (C=O) groups excluding carboxylic acids is 1. The van der Waals surface area contributed by atoms with Gasteiger partial charge in [-0.2, -0.15) is 0 Å². The lowest BCUT2D eigenvalue weighted by Gasteiger charge is -2.56. The van der Waals surface area contributed by atoms with Crippen LogP contribution in [0.1, 0.15) is 73.3 Å². The first-order valence-corrected chi connectivity index (χ1v) is 22.6. The Labute approximate surface area is 355 Å². The van der Waals surface area contributed by atoms with Gasteiger partial charge < -0.3 is 29.4 Å². The number of nitrogens with one attached hydrogen (secondary N) is 3. The fourth-order valence-corrected chi connectivity index (χ4v) is 10.8. The molecule has 1 aliphatic carbocycles. The number of methoxy groups -OCH3 is 1. The highest BCUT2D eigenvalue weighted by atomic mass is 32.2. The number of aromatic amines is 1. The Morgan fingerprint density at radius 2 is 1.80 bits per heavy atom. The van der Waals surface area contributed by atoms with Crippen LogP contribution >= 0.6 is 0 Å². The Balaban J connectivity index is 0.905. The van der Waals surface area contributed by atoms with Crippen molar-refractivity contribution in [2.24, 2.45) is 11.3 Å². The van der Waals surface area contributed by atoms with E-state index in [1.165, 1.54) is 43.2 Å². The number of amides is 1. The predicted molar refractivity (Wildman–Crippen MR) is 231 cm³/mol. The van der Waals surface area contributed by atoms with Crippen molar-refractivity contribution in [1.82, 2.24) is 19.6 Å². The highest BCUT2D eigenvalue weighted by molar-refractivity contribution is 7.90. The number of piperidine rings is 1. The molecule has 4 aliphatic rings. The first-order chi connectivity index (χ1) is 29.6. The van der Waals surface area contributed by atoms with Crippen LogP contribution in [0.15, 0.2) is 90.1 Å². The van der Waals surface area contributed by atoms with Crippen LogP contribution in [0, 0.1) is 21.4 Å². The smallest absolute Gasteiger partial charge is 0.293 e. The normalized spacial score (nSPS) is 19.8. The summed E-state index contributed by atoms with van der Waals surface area (Å²) in [4.78, 5) is 37.4. The molecule has 1 atom stereocenters. The summed E-state index contributed by atoms with van der Waals surface area (Å²) < 4.78 is 46.9. The summed E-state index contributed by atoms with van der Waals surface area (Å²) in [6.45, 7) is 4.52. The number of likely N-dealkylation sites (tertiary alicyclic amines) is 1. The molecule has 0 bridgehead atoms. The number of sulfonamides is 1. The van der Waals surface area contributed by atoms with E-state index in [9.17, 15) is 23.3 Å². The number of nitro benzene ring substituents is 1. The molecule has 1 spiro atoms. The Morgan fingerprint density at radius 1 is 1.00 bits per heavy atom. The van der Waals surface area contributed by atoms with E-state index in [1.54, 1.807) is 31.5 Å². The van der Waals surface area contributed by atoms with E-state index >= 15 is 0 Å².